The monoisotopic (exact) mass is 302 g/mol. The van der Waals surface area contributed by atoms with Crippen LogP contribution in [0.4, 0.5) is 8.78 Å². The van der Waals surface area contributed by atoms with Crippen molar-refractivity contribution in [1.82, 2.24) is 5.32 Å². The number of benzene rings is 1. The molecule has 118 valence electrons. The van der Waals surface area contributed by atoms with Gasteiger partial charge < -0.3 is 20.5 Å². The second-order valence-corrected chi connectivity index (χ2v) is 4.67. The lowest BCUT2D eigenvalue weighted by Crippen LogP contribution is -2.26. The maximum absolute atomic E-state index is 13.8. The Morgan fingerprint density at radius 1 is 1.38 bits per heavy atom. The zero-order valence-electron chi connectivity index (χ0n) is 12.1. The van der Waals surface area contributed by atoms with Crippen LogP contribution in [0.2, 0.25) is 0 Å². The maximum Gasteiger partial charge on any atom is 0.223 e. The van der Waals surface area contributed by atoms with Gasteiger partial charge in [0.25, 0.3) is 0 Å². The van der Waals surface area contributed by atoms with Crippen LogP contribution in [-0.2, 0) is 16.1 Å². The molecule has 7 heteroatoms. The molecule has 1 amide bonds. The van der Waals surface area contributed by atoms with Gasteiger partial charge in [0.2, 0.25) is 5.91 Å². The first-order valence-corrected chi connectivity index (χ1v) is 6.55. The highest BCUT2D eigenvalue weighted by Gasteiger charge is 2.16. The molecule has 0 bridgehead atoms. The van der Waals surface area contributed by atoms with E-state index in [0.29, 0.717) is 25.3 Å². The van der Waals surface area contributed by atoms with E-state index >= 15 is 0 Å². The van der Waals surface area contributed by atoms with E-state index in [-0.39, 0.29) is 6.61 Å². The Balaban J connectivity index is 2.64. The van der Waals surface area contributed by atoms with Crippen LogP contribution in [0.3, 0.4) is 0 Å². The molecule has 0 heterocycles. The van der Waals surface area contributed by atoms with Crippen molar-refractivity contribution in [3.05, 3.63) is 29.3 Å². The summed E-state index contributed by atoms with van der Waals surface area (Å²) in [5, 5.41) is 2.98. The van der Waals surface area contributed by atoms with E-state index in [4.69, 9.17) is 15.2 Å². The van der Waals surface area contributed by atoms with Crippen LogP contribution in [0.1, 0.15) is 12.5 Å². The Bertz CT molecular complexity index is 460. The third kappa shape index (κ3) is 5.65. The molecular formula is C14H20F2N2O3. The van der Waals surface area contributed by atoms with Gasteiger partial charge in [-0.15, -0.1) is 0 Å². The number of hydrogen-bond acceptors (Lipinski definition) is 4. The number of rotatable bonds is 9. The molecule has 1 aromatic rings. The van der Waals surface area contributed by atoms with Crippen LogP contribution in [0.5, 0.6) is 5.75 Å². The van der Waals surface area contributed by atoms with Crippen molar-refractivity contribution < 1.29 is 23.0 Å². The minimum Gasteiger partial charge on any atom is -0.487 e. The fourth-order valence-electron chi connectivity index (χ4n) is 1.55. The van der Waals surface area contributed by atoms with Gasteiger partial charge in [0.1, 0.15) is 0 Å². The third-order valence-electron chi connectivity index (χ3n) is 2.83. The Morgan fingerprint density at radius 3 is 2.52 bits per heavy atom. The van der Waals surface area contributed by atoms with Gasteiger partial charge in [-0.25, -0.2) is 8.78 Å². The summed E-state index contributed by atoms with van der Waals surface area (Å²) in [5.74, 6) is -3.33. The van der Waals surface area contributed by atoms with Gasteiger partial charge in [0, 0.05) is 20.2 Å². The van der Waals surface area contributed by atoms with E-state index in [1.54, 1.807) is 7.11 Å². The Kier molecular flexibility index (Phi) is 7.04. The number of hydrogen-bond donors (Lipinski definition) is 2. The van der Waals surface area contributed by atoms with Crippen LogP contribution in [0.25, 0.3) is 0 Å². The third-order valence-corrected chi connectivity index (χ3v) is 2.83. The summed E-state index contributed by atoms with van der Waals surface area (Å²) in [6.07, 6.45) is 0. The van der Waals surface area contributed by atoms with Crippen LogP contribution < -0.4 is 15.8 Å². The Hall–Kier alpha value is -1.73. The van der Waals surface area contributed by atoms with E-state index in [1.165, 1.54) is 19.1 Å². The summed E-state index contributed by atoms with van der Waals surface area (Å²) >= 11 is 0. The lowest BCUT2D eigenvalue weighted by Gasteiger charge is -2.13. The Labute approximate surface area is 122 Å². The molecule has 0 spiro atoms. The zero-order chi connectivity index (χ0) is 15.8. The molecule has 21 heavy (non-hydrogen) atoms. The highest BCUT2D eigenvalue weighted by molar-refractivity contribution is 5.76. The summed E-state index contributed by atoms with van der Waals surface area (Å²) in [6, 6.07) is 2.38. The lowest BCUT2D eigenvalue weighted by atomic mass is 10.2. The summed E-state index contributed by atoms with van der Waals surface area (Å²) in [4.78, 5) is 10.9. The van der Waals surface area contributed by atoms with Crippen molar-refractivity contribution in [2.24, 2.45) is 11.7 Å². The van der Waals surface area contributed by atoms with Crippen molar-refractivity contribution in [1.29, 1.82) is 0 Å². The highest BCUT2D eigenvalue weighted by atomic mass is 19.1. The van der Waals surface area contributed by atoms with E-state index in [0.717, 1.165) is 0 Å². The summed E-state index contributed by atoms with van der Waals surface area (Å²) in [6.45, 7) is 2.75. The van der Waals surface area contributed by atoms with E-state index in [2.05, 4.69) is 5.32 Å². The van der Waals surface area contributed by atoms with Crippen LogP contribution in [-0.4, -0.2) is 32.8 Å². The van der Waals surface area contributed by atoms with E-state index in [9.17, 15) is 13.6 Å². The molecule has 0 aliphatic rings. The quantitative estimate of drug-likeness (QED) is 0.672. The normalized spacial score (nSPS) is 12.2. The molecular weight excluding hydrogens is 282 g/mol. The van der Waals surface area contributed by atoms with Crippen molar-refractivity contribution in [3.63, 3.8) is 0 Å². The SMILES string of the molecule is COCCNCc1cc(F)c(OCC(C)C(N)=O)c(F)c1. The lowest BCUT2D eigenvalue weighted by molar-refractivity contribution is -0.122. The number of amides is 1. The molecule has 0 saturated heterocycles. The number of ether oxygens (including phenoxy) is 2. The predicted molar refractivity (Wildman–Crippen MR) is 73.8 cm³/mol. The number of carbonyl (C=O) groups is 1. The Morgan fingerprint density at radius 2 is 2.00 bits per heavy atom. The largest absolute Gasteiger partial charge is 0.487 e. The molecule has 1 aromatic carbocycles. The van der Waals surface area contributed by atoms with Gasteiger partial charge in [-0.2, -0.15) is 0 Å². The second kappa shape index (κ2) is 8.53. The average molecular weight is 302 g/mol. The van der Waals surface area contributed by atoms with Gasteiger partial charge in [0.15, 0.2) is 17.4 Å². The molecule has 0 saturated carbocycles. The van der Waals surface area contributed by atoms with Gasteiger partial charge in [-0.3, -0.25) is 4.79 Å². The average Bonchev–Trinajstić information content (AvgIpc) is 2.42. The molecule has 5 nitrogen and oxygen atoms in total. The van der Waals surface area contributed by atoms with Crippen molar-refractivity contribution in [3.8, 4) is 5.75 Å². The van der Waals surface area contributed by atoms with Crippen molar-refractivity contribution in [2.45, 2.75) is 13.5 Å². The van der Waals surface area contributed by atoms with Gasteiger partial charge in [-0.05, 0) is 17.7 Å². The topological polar surface area (TPSA) is 73.6 Å². The van der Waals surface area contributed by atoms with Gasteiger partial charge >= 0.3 is 0 Å². The summed E-state index contributed by atoms with van der Waals surface area (Å²) in [7, 11) is 1.57. The second-order valence-electron chi connectivity index (χ2n) is 4.67. The van der Waals surface area contributed by atoms with Crippen LogP contribution >= 0.6 is 0 Å². The number of nitrogens with one attached hydrogen (secondary N) is 1. The predicted octanol–water partition coefficient (Wildman–Crippen LogP) is 1.20. The van der Waals surface area contributed by atoms with Crippen molar-refractivity contribution >= 4 is 5.91 Å². The van der Waals surface area contributed by atoms with Crippen molar-refractivity contribution in [2.75, 3.05) is 26.9 Å². The first kappa shape index (κ1) is 17.3. The zero-order valence-corrected chi connectivity index (χ0v) is 12.1. The summed E-state index contributed by atoms with van der Waals surface area (Å²) in [5.41, 5.74) is 5.51. The molecule has 0 aromatic heterocycles. The standard InChI is InChI=1S/C14H20F2N2O3/c1-9(14(17)19)8-21-13-11(15)5-10(6-12(13)16)7-18-3-4-20-2/h5-6,9,18H,3-4,7-8H2,1-2H3,(H2,17,19). The van der Waals surface area contributed by atoms with E-state index < -0.39 is 29.2 Å². The molecule has 1 atom stereocenters. The fourth-order valence-corrected chi connectivity index (χ4v) is 1.55. The molecule has 1 unspecified atom stereocenters. The number of methoxy groups -OCH3 is 1. The number of halogens is 2. The van der Waals surface area contributed by atoms with Crippen LogP contribution in [0.15, 0.2) is 12.1 Å². The minimum absolute atomic E-state index is 0.172. The van der Waals surface area contributed by atoms with E-state index in [1.807, 2.05) is 0 Å². The molecule has 0 radical (unpaired) electrons. The maximum atomic E-state index is 13.8. The van der Waals surface area contributed by atoms with Gasteiger partial charge in [-0.1, -0.05) is 6.92 Å². The fraction of sp³-hybridized carbons (Fsp3) is 0.500. The number of nitrogens with two attached hydrogens (primary N) is 1. The smallest absolute Gasteiger partial charge is 0.223 e. The molecule has 1 rings (SSSR count). The molecule has 0 fully saturated rings. The first-order valence-electron chi connectivity index (χ1n) is 6.55. The minimum atomic E-state index is -0.810. The van der Waals surface area contributed by atoms with Gasteiger partial charge in [0.05, 0.1) is 19.1 Å². The first-order chi connectivity index (χ1) is 9.95. The number of primary amides is 1. The molecule has 3 N–H and O–H groups in total. The number of carbonyl (C=O) groups excluding carboxylic acids is 1. The molecule has 0 aliphatic heterocycles. The van der Waals surface area contributed by atoms with Crippen LogP contribution in [0, 0.1) is 17.6 Å². The molecule has 0 aliphatic carbocycles. The highest BCUT2D eigenvalue weighted by Crippen LogP contribution is 2.23. The summed E-state index contributed by atoms with van der Waals surface area (Å²) < 4.78 is 37.5.